The molecule has 1 aromatic carbocycles. The zero-order valence-electron chi connectivity index (χ0n) is 7.95. The zero-order valence-corrected chi connectivity index (χ0v) is 11.1. The van der Waals surface area contributed by atoms with Crippen molar-refractivity contribution in [2.24, 2.45) is 0 Å². The second kappa shape index (κ2) is 4.84. The number of hydrogen-bond acceptors (Lipinski definition) is 2. The van der Waals surface area contributed by atoms with Crippen molar-refractivity contribution in [1.29, 1.82) is 0 Å². The van der Waals surface area contributed by atoms with Gasteiger partial charge in [0.25, 0.3) is 0 Å². The maximum absolute atomic E-state index is 12.8. The number of aliphatic hydroxyl groups excluding tert-OH is 1. The number of hydrogen-bond donors (Lipinski definition) is 1. The van der Waals surface area contributed by atoms with E-state index in [1.54, 1.807) is 6.07 Å². The SMILES string of the molecule is OC(c1ccc(Br)s1)c1ccc(F)cc1Cl. The smallest absolute Gasteiger partial charge is 0.124 e. The van der Waals surface area contributed by atoms with Crippen molar-refractivity contribution in [2.45, 2.75) is 6.10 Å². The Morgan fingerprint density at radius 3 is 2.62 bits per heavy atom. The summed E-state index contributed by atoms with van der Waals surface area (Å²) in [6.45, 7) is 0. The lowest BCUT2D eigenvalue weighted by atomic mass is 10.1. The van der Waals surface area contributed by atoms with Gasteiger partial charge in [-0.05, 0) is 40.2 Å². The fourth-order valence-corrected chi connectivity index (χ4v) is 3.05. The van der Waals surface area contributed by atoms with E-state index in [2.05, 4.69) is 15.9 Å². The van der Waals surface area contributed by atoms with E-state index < -0.39 is 11.9 Å². The highest BCUT2D eigenvalue weighted by Crippen LogP contribution is 2.34. The van der Waals surface area contributed by atoms with E-state index in [1.807, 2.05) is 6.07 Å². The number of rotatable bonds is 2. The molecular weight excluding hydrogens is 315 g/mol. The van der Waals surface area contributed by atoms with Crippen LogP contribution in [-0.4, -0.2) is 5.11 Å². The molecule has 5 heteroatoms. The lowest BCUT2D eigenvalue weighted by molar-refractivity contribution is 0.224. The van der Waals surface area contributed by atoms with E-state index in [-0.39, 0.29) is 5.02 Å². The summed E-state index contributed by atoms with van der Waals surface area (Å²) < 4.78 is 13.8. The summed E-state index contributed by atoms with van der Waals surface area (Å²) >= 11 is 10.6. The summed E-state index contributed by atoms with van der Waals surface area (Å²) in [5.74, 6) is -0.409. The highest BCUT2D eigenvalue weighted by atomic mass is 79.9. The number of aliphatic hydroxyl groups is 1. The van der Waals surface area contributed by atoms with Crippen LogP contribution in [0.25, 0.3) is 0 Å². The lowest BCUT2D eigenvalue weighted by Crippen LogP contribution is -1.98. The van der Waals surface area contributed by atoms with Gasteiger partial charge in [0, 0.05) is 15.5 Å². The minimum Gasteiger partial charge on any atom is -0.383 e. The van der Waals surface area contributed by atoms with Crippen LogP contribution in [0.15, 0.2) is 34.1 Å². The van der Waals surface area contributed by atoms with Gasteiger partial charge in [-0.2, -0.15) is 0 Å². The summed E-state index contributed by atoms with van der Waals surface area (Å²) in [6, 6.07) is 7.63. The average molecular weight is 322 g/mol. The maximum Gasteiger partial charge on any atom is 0.124 e. The van der Waals surface area contributed by atoms with Crippen molar-refractivity contribution in [1.82, 2.24) is 0 Å². The lowest BCUT2D eigenvalue weighted by Gasteiger charge is -2.10. The summed E-state index contributed by atoms with van der Waals surface area (Å²) in [4.78, 5) is 0.764. The van der Waals surface area contributed by atoms with Crippen LogP contribution in [0, 0.1) is 5.82 Å². The van der Waals surface area contributed by atoms with Crippen molar-refractivity contribution in [3.05, 3.63) is 55.4 Å². The summed E-state index contributed by atoms with van der Waals surface area (Å²) in [5.41, 5.74) is 0.511. The van der Waals surface area contributed by atoms with E-state index in [4.69, 9.17) is 11.6 Å². The Balaban J connectivity index is 2.37. The molecule has 1 N–H and O–H groups in total. The van der Waals surface area contributed by atoms with Gasteiger partial charge >= 0.3 is 0 Å². The quantitative estimate of drug-likeness (QED) is 0.870. The third kappa shape index (κ3) is 2.46. The second-order valence-corrected chi connectivity index (χ2v) is 6.11. The molecule has 2 aromatic rings. The van der Waals surface area contributed by atoms with E-state index in [0.717, 1.165) is 8.66 Å². The second-order valence-electron chi connectivity index (χ2n) is 3.21. The van der Waals surface area contributed by atoms with Gasteiger partial charge in [0.05, 0.1) is 3.79 Å². The highest BCUT2D eigenvalue weighted by molar-refractivity contribution is 9.11. The molecule has 16 heavy (non-hydrogen) atoms. The molecule has 0 radical (unpaired) electrons. The maximum atomic E-state index is 12.8. The van der Waals surface area contributed by atoms with Crippen LogP contribution in [0.1, 0.15) is 16.5 Å². The standard InChI is InChI=1S/C11H7BrClFOS/c12-10-4-3-9(16-10)11(15)7-2-1-6(14)5-8(7)13/h1-5,11,15H. The molecule has 0 aliphatic rings. The van der Waals surface area contributed by atoms with Gasteiger partial charge in [-0.25, -0.2) is 4.39 Å². The molecule has 1 atom stereocenters. The van der Waals surface area contributed by atoms with Gasteiger partial charge in [-0.3, -0.25) is 0 Å². The fraction of sp³-hybridized carbons (Fsp3) is 0.0909. The van der Waals surface area contributed by atoms with Crippen molar-refractivity contribution in [3.8, 4) is 0 Å². The molecule has 0 spiro atoms. The Morgan fingerprint density at radius 2 is 2.06 bits per heavy atom. The number of halogens is 3. The average Bonchev–Trinajstić information content (AvgIpc) is 2.64. The first-order valence-corrected chi connectivity index (χ1v) is 6.45. The zero-order chi connectivity index (χ0) is 11.7. The largest absolute Gasteiger partial charge is 0.383 e. The molecule has 0 saturated heterocycles. The van der Waals surface area contributed by atoms with Crippen LogP contribution >= 0.6 is 38.9 Å². The first kappa shape index (κ1) is 12.0. The topological polar surface area (TPSA) is 20.2 Å². The van der Waals surface area contributed by atoms with E-state index in [0.29, 0.717) is 5.56 Å². The van der Waals surface area contributed by atoms with Gasteiger partial charge in [0.2, 0.25) is 0 Å². The van der Waals surface area contributed by atoms with Crippen molar-refractivity contribution in [3.63, 3.8) is 0 Å². The summed E-state index contributed by atoms with van der Waals surface area (Å²) in [5, 5.41) is 10.3. The van der Waals surface area contributed by atoms with Gasteiger partial charge in [0.15, 0.2) is 0 Å². The molecule has 2 rings (SSSR count). The molecular formula is C11H7BrClFOS. The van der Waals surface area contributed by atoms with E-state index in [9.17, 15) is 9.50 Å². The fourth-order valence-electron chi connectivity index (χ4n) is 1.35. The highest BCUT2D eigenvalue weighted by Gasteiger charge is 2.16. The Hall–Kier alpha value is -0.420. The number of thiophene rings is 1. The summed E-state index contributed by atoms with van der Waals surface area (Å²) in [7, 11) is 0. The van der Waals surface area contributed by atoms with E-state index in [1.165, 1.54) is 29.5 Å². The van der Waals surface area contributed by atoms with E-state index >= 15 is 0 Å². The predicted octanol–water partition coefficient (Wildman–Crippen LogP) is 4.38. The molecule has 0 aliphatic heterocycles. The first-order chi connectivity index (χ1) is 7.58. The minimum absolute atomic E-state index is 0.233. The molecule has 1 heterocycles. The molecule has 0 saturated carbocycles. The number of benzene rings is 1. The molecule has 0 bridgehead atoms. The van der Waals surface area contributed by atoms with Crippen LogP contribution < -0.4 is 0 Å². The monoisotopic (exact) mass is 320 g/mol. The normalized spacial score (nSPS) is 12.8. The van der Waals surface area contributed by atoms with Crippen LogP contribution in [-0.2, 0) is 0 Å². The van der Waals surface area contributed by atoms with Gasteiger partial charge < -0.3 is 5.11 Å². The Bertz CT molecular complexity index is 514. The predicted molar refractivity (Wildman–Crippen MR) is 67.5 cm³/mol. The van der Waals surface area contributed by atoms with Crippen molar-refractivity contribution < 1.29 is 9.50 Å². The van der Waals surface area contributed by atoms with Crippen LogP contribution in [0.4, 0.5) is 4.39 Å². The Kier molecular flexibility index (Phi) is 3.64. The minimum atomic E-state index is -0.815. The van der Waals surface area contributed by atoms with Crippen LogP contribution in [0.2, 0.25) is 5.02 Å². The molecule has 0 fully saturated rings. The van der Waals surface area contributed by atoms with Gasteiger partial charge in [-0.1, -0.05) is 17.7 Å². The Labute approximate surface area is 110 Å². The third-order valence-electron chi connectivity index (χ3n) is 2.12. The van der Waals surface area contributed by atoms with Gasteiger partial charge in [-0.15, -0.1) is 11.3 Å². The molecule has 1 nitrogen and oxygen atoms in total. The molecule has 0 amide bonds. The van der Waals surface area contributed by atoms with Gasteiger partial charge in [0.1, 0.15) is 11.9 Å². The Morgan fingerprint density at radius 1 is 1.31 bits per heavy atom. The molecule has 84 valence electrons. The van der Waals surface area contributed by atoms with Crippen molar-refractivity contribution >= 4 is 38.9 Å². The molecule has 1 aromatic heterocycles. The summed E-state index contributed by atoms with van der Waals surface area (Å²) in [6.07, 6.45) is -0.815. The third-order valence-corrected chi connectivity index (χ3v) is 4.12. The molecule has 1 unspecified atom stereocenters. The van der Waals surface area contributed by atoms with Crippen LogP contribution in [0.5, 0.6) is 0 Å². The first-order valence-electron chi connectivity index (χ1n) is 4.46. The molecule has 0 aliphatic carbocycles. The van der Waals surface area contributed by atoms with Crippen LogP contribution in [0.3, 0.4) is 0 Å². The van der Waals surface area contributed by atoms with Crippen molar-refractivity contribution in [2.75, 3.05) is 0 Å².